The predicted molar refractivity (Wildman–Crippen MR) is 34.8 cm³/mol. The molecule has 1 heterocycles. The van der Waals surface area contributed by atoms with Gasteiger partial charge in [-0.15, -0.1) is 0 Å². The first-order chi connectivity index (χ1) is 3.39. The maximum Gasteiger partial charge on any atom is 0.183 e. The summed E-state index contributed by atoms with van der Waals surface area (Å²) in [5.74, 6) is 3.91. The summed E-state index contributed by atoms with van der Waals surface area (Å²) in [6.45, 7) is 2.19. The van der Waals surface area contributed by atoms with E-state index in [1.807, 2.05) is 11.9 Å². The van der Waals surface area contributed by atoms with Crippen molar-refractivity contribution in [2.45, 2.75) is 0 Å². The van der Waals surface area contributed by atoms with Gasteiger partial charge in [0.1, 0.15) is 5.93 Å². The lowest BCUT2D eigenvalue weighted by molar-refractivity contribution is 1.44. The molecule has 1 aromatic heterocycles. The van der Waals surface area contributed by atoms with E-state index in [9.17, 15) is 0 Å². The van der Waals surface area contributed by atoms with Crippen LogP contribution >= 0.6 is 15.7 Å². The Labute approximate surface area is 45.6 Å². The van der Waals surface area contributed by atoms with Gasteiger partial charge in [0.2, 0.25) is 0 Å². The maximum atomic E-state index is 3.99. The maximum absolute atomic E-state index is 3.99. The summed E-state index contributed by atoms with van der Waals surface area (Å²) in [5, 5.41) is 0. The second kappa shape index (κ2) is 2.35. The average molecular weight is 130 g/mol. The van der Waals surface area contributed by atoms with Crippen molar-refractivity contribution in [3.63, 3.8) is 0 Å². The van der Waals surface area contributed by atoms with Crippen LogP contribution < -0.4 is 0 Å². The Kier molecular flexibility index (Phi) is 1.73. The molecule has 1 unspecified atom stereocenters. The molecular weight excluding hydrogens is 124 g/mol. The molecule has 1 nitrogen and oxygen atoms in total. The fraction of sp³-hybridized carbons (Fsp3) is 0.250. The second-order valence-electron chi connectivity index (χ2n) is 1.31. The number of aryl methyl sites for hydroxylation is 1. The molecule has 0 aliphatic rings. The number of rotatable bonds is 0. The van der Waals surface area contributed by atoms with Crippen LogP contribution in [0.5, 0.6) is 0 Å². The topological polar surface area (TPSA) is 12.9 Å². The van der Waals surface area contributed by atoms with E-state index < -0.39 is 0 Å². The third-order valence-corrected chi connectivity index (χ3v) is 3.39. The molecule has 0 amide bonds. The Morgan fingerprint density at radius 3 is 2.86 bits per heavy atom. The number of aromatic nitrogens is 1. The molecule has 0 saturated carbocycles. The van der Waals surface area contributed by atoms with Crippen LogP contribution in [0.25, 0.3) is 0 Å². The lowest BCUT2D eigenvalue weighted by atomic mass is 11.4. The highest BCUT2D eigenvalue weighted by Crippen LogP contribution is 2.22. The predicted octanol–water partition coefficient (Wildman–Crippen LogP) is 2.47. The lowest BCUT2D eigenvalue weighted by Gasteiger charge is -1.70. The van der Waals surface area contributed by atoms with E-state index in [2.05, 4.69) is 17.2 Å². The number of hydrogen-bond donors (Lipinski definition) is 0. The second-order valence-corrected chi connectivity index (χ2v) is 4.32. The lowest BCUT2D eigenvalue weighted by Crippen LogP contribution is -1.53. The fourth-order valence-corrected chi connectivity index (χ4v) is 2.18. The molecule has 0 aliphatic heterocycles. The van der Waals surface area contributed by atoms with Crippen molar-refractivity contribution >= 4 is 15.7 Å². The molecule has 1 rings (SSSR count). The van der Waals surface area contributed by atoms with Crippen molar-refractivity contribution in [3.05, 3.63) is 17.4 Å². The first-order valence-corrected chi connectivity index (χ1v) is 4.96. The zero-order valence-corrected chi connectivity index (χ0v) is 5.86. The summed E-state index contributed by atoms with van der Waals surface area (Å²) in [5.41, 5.74) is 2.27. The summed E-state index contributed by atoms with van der Waals surface area (Å²) in [6.07, 6.45) is 0. The van der Waals surface area contributed by atoms with Crippen molar-refractivity contribution in [1.82, 2.24) is 4.98 Å². The van der Waals surface area contributed by atoms with Crippen LogP contribution in [0.1, 0.15) is 0 Å². The number of hydrogen-bond acceptors (Lipinski definition) is 1. The van der Waals surface area contributed by atoms with Gasteiger partial charge in [-0.1, -0.05) is 0 Å². The highest BCUT2D eigenvalue weighted by atomic mass is 31.1. The smallest absolute Gasteiger partial charge is 0.183 e. The Bertz CT molecular complexity index is 140. The zero-order chi connectivity index (χ0) is 5.11. The quantitative estimate of drug-likeness (QED) is 0.525. The zero-order valence-electron chi connectivity index (χ0n) is 4.07. The van der Waals surface area contributed by atoms with Crippen LogP contribution in [-0.4, -0.2) is 4.98 Å². The SMILES string of the molecule is C[p+]1cncpc1. The molecule has 1 aromatic rings. The van der Waals surface area contributed by atoms with E-state index in [-0.39, 0.29) is 7.53 Å². The van der Waals surface area contributed by atoms with Crippen LogP contribution in [0.4, 0.5) is 0 Å². The van der Waals surface area contributed by atoms with Gasteiger partial charge in [-0.25, -0.2) is 4.98 Å². The third kappa shape index (κ3) is 1.51. The van der Waals surface area contributed by atoms with Crippen molar-refractivity contribution in [2.75, 3.05) is 0 Å². The van der Waals surface area contributed by atoms with E-state index in [4.69, 9.17) is 0 Å². The molecule has 1 atom stereocenters. The van der Waals surface area contributed by atoms with Gasteiger partial charge in [0, 0.05) is 14.2 Å². The minimum atomic E-state index is 0.0481. The largest absolute Gasteiger partial charge is 0.214 e. The monoisotopic (exact) mass is 130 g/mol. The summed E-state index contributed by atoms with van der Waals surface area (Å²) < 4.78 is 0. The first-order valence-electron chi connectivity index (χ1n) is 2.00. The minimum absolute atomic E-state index is 0.0481. The molecule has 0 spiro atoms. The highest BCUT2D eigenvalue weighted by molar-refractivity contribution is 7.53. The summed E-state index contributed by atoms with van der Waals surface area (Å²) in [4.78, 5) is 3.99. The summed E-state index contributed by atoms with van der Waals surface area (Å²) in [6, 6.07) is 0. The van der Waals surface area contributed by atoms with Crippen molar-refractivity contribution < 1.29 is 0 Å². The highest BCUT2D eigenvalue weighted by Gasteiger charge is 1.85. The van der Waals surface area contributed by atoms with Crippen molar-refractivity contribution in [1.29, 1.82) is 0 Å². The molecule has 3 heteroatoms. The standard InChI is InChI=1S/C4H6NP2/c1-7-3-5-2-6-4-7/h2-4H,1H3/q+1. The molecule has 0 bridgehead atoms. The first kappa shape index (κ1) is 5.15. The van der Waals surface area contributed by atoms with Crippen molar-refractivity contribution in [2.24, 2.45) is 6.66 Å². The number of nitrogens with zero attached hydrogens (tertiary/aromatic N) is 1. The third-order valence-electron chi connectivity index (χ3n) is 0.631. The molecule has 0 N–H and O–H groups in total. The van der Waals surface area contributed by atoms with Gasteiger partial charge in [-0.3, -0.25) is 0 Å². The molecular formula is C4H6NP2+. The van der Waals surface area contributed by atoms with Crippen LogP contribution in [0, 0.1) is 0 Å². The molecule has 0 fully saturated rings. The molecule has 0 radical (unpaired) electrons. The van der Waals surface area contributed by atoms with Gasteiger partial charge in [-0.05, 0) is 0 Å². The molecule has 0 aromatic carbocycles. The van der Waals surface area contributed by atoms with Crippen molar-refractivity contribution in [3.8, 4) is 0 Å². The summed E-state index contributed by atoms with van der Waals surface area (Å²) >= 11 is 0. The Hall–Kier alpha value is 0.01000. The molecule has 0 saturated heterocycles. The van der Waals surface area contributed by atoms with E-state index in [1.54, 1.807) is 0 Å². The normalized spacial score (nSPS) is 12.4. The Balaban J connectivity index is 3.02. The van der Waals surface area contributed by atoms with Gasteiger partial charge in [-0.2, -0.15) is 0 Å². The summed E-state index contributed by atoms with van der Waals surface area (Å²) in [7, 11) is 1.32. The van der Waals surface area contributed by atoms with E-state index in [1.165, 1.54) is 8.19 Å². The average Bonchev–Trinajstić information content (AvgIpc) is 1.69. The fourth-order valence-electron chi connectivity index (χ4n) is 0.338. The van der Waals surface area contributed by atoms with E-state index in [0.717, 1.165) is 0 Å². The molecule has 0 aliphatic carbocycles. The van der Waals surface area contributed by atoms with Gasteiger partial charge < -0.3 is 0 Å². The molecule has 36 valence electrons. The van der Waals surface area contributed by atoms with Gasteiger partial charge >= 0.3 is 0 Å². The minimum Gasteiger partial charge on any atom is -0.214 e. The van der Waals surface area contributed by atoms with Gasteiger partial charge in [0.05, 0.1) is 0 Å². The Morgan fingerprint density at radius 2 is 2.57 bits per heavy atom. The van der Waals surface area contributed by atoms with Gasteiger partial charge in [0.15, 0.2) is 19.7 Å². The van der Waals surface area contributed by atoms with Crippen LogP contribution in [0.3, 0.4) is 0 Å². The van der Waals surface area contributed by atoms with Crippen LogP contribution in [0.2, 0.25) is 0 Å². The molecule has 7 heavy (non-hydrogen) atoms. The van der Waals surface area contributed by atoms with E-state index in [0.29, 0.717) is 0 Å². The van der Waals surface area contributed by atoms with Gasteiger partial charge in [0.25, 0.3) is 0 Å². The van der Waals surface area contributed by atoms with Crippen LogP contribution in [-0.2, 0) is 6.66 Å². The van der Waals surface area contributed by atoms with E-state index >= 15 is 0 Å². The van der Waals surface area contributed by atoms with Crippen LogP contribution in [0.15, 0.2) is 17.4 Å². The Morgan fingerprint density at radius 1 is 1.71 bits per heavy atom.